The van der Waals surface area contributed by atoms with E-state index in [2.05, 4.69) is 0 Å². The topological polar surface area (TPSA) is 85.3 Å². The van der Waals surface area contributed by atoms with Gasteiger partial charge in [0.25, 0.3) is 11.7 Å². The maximum absolute atomic E-state index is 13.6. The van der Waals surface area contributed by atoms with E-state index >= 15 is 0 Å². The standard InChI is InChI=1S/C30H25NO6/c1-35-20-11-7-10-19(16-20)31-27(23-13-6-9-18-8-4-5-12-22(18)23)26(29(33)30(31)34)28(32)24-15-14-21(36-2)17-25(24)37-3/h4-17,27,32H,1-3H3/b28-26+. The molecule has 1 unspecified atom stereocenters. The van der Waals surface area contributed by atoms with Crippen LogP contribution in [-0.4, -0.2) is 38.1 Å². The molecule has 0 radical (unpaired) electrons. The van der Waals surface area contributed by atoms with E-state index in [1.54, 1.807) is 42.5 Å². The molecule has 5 rings (SSSR count). The zero-order chi connectivity index (χ0) is 26.1. The Kier molecular flexibility index (Phi) is 6.27. The van der Waals surface area contributed by atoms with Gasteiger partial charge in [0.1, 0.15) is 23.0 Å². The smallest absolute Gasteiger partial charge is 0.300 e. The Bertz CT molecular complexity index is 1550. The average molecular weight is 496 g/mol. The number of benzene rings is 4. The molecule has 4 aromatic rings. The number of methoxy groups -OCH3 is 3. The summed E-state index contributed by atoms with van der Waals surface area (Å²) < 4.78 is 16.1. The number of Topliss-reactive ketones (excluding diaryl/α,β-unsaturated/α-hetero) is 1. The van der Waals surface area contributed by atoms with Gasteiger partial charge in [0.2, 0.25) is 0 Å². The molecule has 1 amide bonds. The molecule has 1 heterocycles. The van der Waals surface area contributed by atoms with Crippen molar-refractivity contribution in [2.45, 2.75) is 6.04 Å². The van der Waals surface area contributed by atoms with Crippen molar-refractivity contribution in [3.63, 3.8) is 0 Å². The first-order valence-electron chi connectivity index (χ1n) is 11.6. The number of hydrogen-bond donors (Lipinski definition) is 1. The Morgan fingerprint density at radius 2 is 1.49 bits per heavy atom. The predicted octanol–water partition coefficient (Wildman–Crippen LogP) is 5.49. The first-order valence-corrected chi connectivity index (χ1v) is 11.6. The number of aliphatic hydroxyl groups excluding tert-OH is 1. The van der Waals surface area contributed by atoms with Gasteiger partial charge in [-0.15, -0.1) is 0 Å². The van der Waals surface area contributed by atoms with Gasteiger partial charge in [-0.05, 0) is 40.6 Å². The molecule has 1 aliphatic heterocycles. The number of nitrogens with zero attached hydrogens (tertiary/aromatic N) is 1. The van der Waals surface area contributed by atoms with Crippen LogP contribution >= 0.6 is 0 Å². The van der Waals surface area contributed by atoms with Gasteiger partial charge in [0.15, 0.2) is 0 Å². The van der Waals surface area contributed by atoms with Crippen LogP contribution in [0.25, 0.3) is 16.5 Å². The quantitative estimate of drug-likeness (QED) is 0.216. The van der Waals surface area contributed by atoms with Crippen LogP contribution < -0.4 is 19.1 Å². The van der Waals surface area contributed by atoms with Crippen molar-refractivity contribution in [3.8, 4) is 17.2 Å². The molecule has 1 N–H and O–H groups in total. The number of carbonyl (C=O) groups is 2. The third kappa shape index (κ3) is 4.04. The summed E-state index contributed by atoms with van der Waals surface area (Å²) in [7, 11) is 4.52. The Balaban J connectivity index is 1.81. The van der Waals surface area contributed by atoms with E-state index in [1.807, 2.05) is 42.5 Å². The van der Waals surface area contributed by atoms with Crippen LogP contribution in [0.2, 0.25) is 0 Å². The lowest BCUT2D eigenvalue weighted by molar-refractivity contribution is -0.132. The van der Waals surface area contributed by atoms with Crippen molar-refractivity contribution in [1.82, 2.24) is 0 Å². The fourth-order valence-corrected chi connectivity index (χ4v) is 4.78. The van der Waals surface area contributed by atoms with Crippen molar-refractivity contribution in [2.24, 2.45) is 0 Å². The first-order chi connectivity index (χ1) is 18.0. The molecular formula is C30H25NO6. The monoisotopic (exact) mass is 495 g/mol. The highest BCUT2D eigenvalue weighted by Gasteiger charge is 2.47. The maximum atomic E-state index is 13.6. The van der Waals surface area contributed by atoms with E-state index in [9.17, 15) is 14.7 Å². The summed E-state index contributed by atoms with van der Waals surface area (Å²) in [5.41, 5.74) is 1.42. The normalized spacial score (nSPS) is 16.7. The molecule has 4 aromatic carbocycles. The second-order valence-electron chi connectivity index (χ2n) is 8.51. The highest BCUT2D eigenvalue weighted by atomic mass is 16.5. The third-order valence-electron chi connectivity index (χ3n) is 6.56. The maximum Gasteiger partial charge on any atom is 0.300 e. The highest BCUT2D eigenvalue weighted by Crippen LogP contribution is 2.45. The number of ether oxygens (including phenoxy) is 3. The Morgan fingerprint density at radius 1 is 0.784 bits per heavy atom. The van der Waals surface area contributed by atoms with Crippen LogP contribution in [0.1, 0.15) is 17.2 Å². The lowest BCUT2D eigenvalue weighted by atomic mass is 9.91. The van der Waals surface area contributed by atoms with Crippen molar-refractivity contribution < 1.29 is 28.9 Å². The van der Waals surface area contributed by atoms with Crippen molar-refractivity contribution in [1.29, 1.82) is 0 Å². The van der Waals surface area contributed by atoms with Crippen LogP contribution in [0, 0.1) is 0 Å². The van der Waals surface area contributed by atoms with Gasteiger partial charge < -0.3 is 19.3 Å². The number of aliphatic hydroxyl groups is 1. The molecule has 7 nitrogen and oxygen atoms in total. The van der Waals surface area contributed by atoms with Crippen molar-refractivity contribution in [3.05, 3.63) is 102 Å². The van der Waals surface area contributed by atoms with Crippen LogP contribution in [0.4, 0.5) is 5.69 Å². The molecule has 0 saturated carbocycles. The lowest BCUT2D eigenvalue weighted by Crippen LogP contribution is -2.29. The summed E-state index contributed by atoms with van der Waals surface area (Å²) in [5.74, 6) is -0.512. The summed E-state index contributed by atoms with van der Waals surface area (Å²) in [6.07, 6.45) is 0. The molecule has 37 heavy (non-hydrogen) atoms. The molecule has 1 fully saturated rings. The molecule has 1 saturated heterocycles. The number of rotatable bonds is 6. The van der Waals surface area contributed by atoms with Crippen LogP contribution in [0.15, 0.2) is 90.5 Å². The minimum absolute atomic E-state index is 0.0346. The number of hydrogen-bond acceptors (Lipinski definition) is 6. The predicted molar refractivity (Wildman–Crippen MR) is 141 cm³/mol. The molecule has 0 aliphatic carbocycles. The summed E-state index contributed by atoms with van der Waals surface area (Å²) in [5, 5.41) is 13.4. The van der Waals surface area contributed by atoms with E-state index in [4.69, 9.17) is 14.2 Å². The van der Waals surface area contributed by atoms with E-state index < -0.39 is 17.7 Å². The Morgan fingerprint density at radius 3 is 2.24 bits per heavy atom. The fourth-order valence-electron chi connectivity index (χ4n) is 4.78. The number of ketones is 1. The molecule has 1 atom stereocenters. The van der Waals surface area contributed by atoms with Gasteiger partial charge in [-0.2, -0.15) is 0 Å². The summed E-state index contributed by atoms with van der Waals surface area (Å²) in [4.78, 5) is 28.6. The third-order valence-corrected chi connectivity index (χ3v) is 6.56. The van der Waals surface area contributed by atoms with Crippen molar-refractivity contribution >= 4 is 33.9 Å². The second kappa shape index (κ2) is 9.70. The first kappa shape index (κ1) is 23.9. The second-order valence-corrected chi connectivity index (χ2v) is 8.51. The van der Waals surface area contributed by atoms with E-state index in [0.29, 0.717) is 28.5 Å². The zero-order valence-corrected chi connectivity index (χ0v) is 20.6. The summed E-state index contributed by atoms with van der Waals surface area (Å²) in [6.45, 7) is 0. The largest absolute Gasteiger partial charge is 0.507 e. The summed E-state index contributed by atoms with van der Waals surface area (Å²) in [6, 6.07) is 24.3. The van der Waals surface area contributed by atoms with Gasteiger partial charge in [0, 0.05) is 17.8 Å². The minimum Gasteiger partial charge on any atom is -0.507 e. The van der Waals surface area contributed by atoms with Crippen LogP contribution in [-0.2, 0) is 9.59 Å². The average Bonchev–Trinajstić information content (AvgIpc) is 3.21. The lowest BCUT2D eigenvalue weighted by Gasteiger charge is -2.27. The van der Waals surface area contributed by atoms with Gasteiger partial charge in [-0.25, -0.2) is 0 Å². The van der Waals surface area contributed by atoms with E-state index in [-0.39, 0.29) is 16.9 Å². The fraction of sp³-hybridized carbons (Fsp3) is 0.133. The van der Waals surface area contributed by atoms with Gasteiger partial charge in [-0.1, -0.05) is 48.5 Å². The molecule has 1 aliphatic rings. The number of fused-ring (bicyclic) bond motifs is 1. The van der Waals surface area contributed by atoms with Crippen LogP contribution in [0.5, 0.6) is 17.2 Å². The van der Waals surface area contributed by atoms with E-state index in [0.717, 1.165) is 10.8 Å². The van der Waals surface area contributed by atoms with Gasteiger partial charge in [0.05, 0.1) is 38.5 Å². The molecule has 0 bridgehead atoms. The summed E-state index contributed by atoms with van der Waals surface area (Å²) >= 11 is 0. The molecule has 0 spiro atoms. The minimum atomic E-state index is -0.898. The Hall–Kier alpha value is -4.78. The number of anilines is 1. The number of carbonyl (C=O) groups excluding carboxylic acids is 2. The van der Waals surface area contributed by atoms with Crippen LogP contribution in [0.3, 0.4) is 0 Å². The van der Waals surface area contributed by atoms with Gasteiger partial charge in [-0.3, -0.25) is 14.5 Å². The molecule has 0 aromatic heterocycles. The zero-order valence-electron chi connectivity index (χ0n) is 20.6. The molecule has 7 heteroatoms. The van der Waals surface area contributed by atoms with Gasteiger partial charge >= 0.3 is 0 Å². The van der Waals surface area contributed by atoms with E-state index in [1.165, 1.54) is 26.2 Å². The number of amides is 1. The molecular weight excluding hydrogens is 470 g/mol. The molecule has 186 valence electrons. The van der Waals surface area contributed by atoms with Crippen molar-refractivity contribution in [2.75, 3.05) is 26.2 Å². The SMILES string of the molecule is COc1cccc(N2C(=O)C(=O)/C(=C(/O)c3ccc(OC)cc3OC)C2c2cccc3ccccc23)c1. The highest BCUT2D eigenvalue weighted by molar-refractivity contribution is 6.52. The Labute approximate surface area is 214 Å².